The van der Waals surface area contributed by atoms with E-state index in [2.05, 4.69) is 0 Å². The molecule has 0 radical (unpaired) electrons. The Hall–Kier alpha value is -0.410. The van der Waals surface area contributed by atoms with Gasteiger partial charge in [0.1, 0.15) is 0 Å². The van der Waals surface area contributed by atoms with E-state index in [1.807, 2.05) is 39.0 Å². The van der Waals surface area contributed by atoms with Gasteiger partial charge in [-0.05, 0) is 32.8 Å². The Morgan fingerprint density at radius 1 is 1.41 bits per heavy atom. The van der Waals surface area contributed by atoms with Gasteiger partial charge in [0.15, 0.2) is 0 Å². The highest BCUT2D eigenvalue weighted by Gasteiger charge is 2.26. The molecule has 0 aromatic rings. The van der Waals surface area contributed by atoms with Gasteiger partial charge in [-0.25, -0.2) is 0 Å². The summed E-state index contributed by atoms with van der Waals surface area (Å²) in [6.45, 7) is 6.37. The number of hydrogen-bond donors (Lipinski definition) is 1. The smallest absolute Gasteiger partial charge is 0.322 e. The first kappa shape index (κ1) is 14.7. The van der Waals surface area contributed by atoms with Crippen molar-refractivity contribution >= 4 is 7.60 Å². The van der Waals surface area contributed by atoms with Gasteiger partial charge < -0.3 is 14.8 Å². The Balaban J connectivity index is 2.67. The van der Waals surface area contributed by atoms with Crippen molar-refractivity contribution in [3.63, 3.8) is 0 Å². The van der Waals surface area contributed by atoms with E-state index in [0.29, 0.717) is 19.4 Å². The minimum Gasteiger partial charge on any atom is -0.322 e. The first-order valence-corrected chi connectivity index (χ1v) is 7.69. The van der Waals surface area contributed by atoms with E-state index in [1.54, 1.807) is 0 Å². The Kier molecular flexibility index (Phi) is 5.14. The van der Waals surface area contributed by atoms with E-state index in [1.165, 1.54) is 0 Å². The largest absolute Gasteiger partial charge is 0.334 e. The fourth-order valence-electron chi connectivity index (χ4n) is 1.65. The van der Waals surface area contributed by atoms with Crippen molar-refractivity contribution in [3.8, 4) is 0 Å². The summed E-state index contributed by atoms with van der Waals surface area (Å²) >= 11 is 0. The monoisotopic (exact) mass is 259 g/mol. The van der Waals surface area contributed by atoms with Crippen LogP contribution in [0.25, 0.3) is 0 Å². The topological polar surface area (TPSA) is 61.5 Å². The van der Waals surface area contributed by atoms with Crippen LogP contribution < -0.4 is 5.73 Å². The summed E-state index contributed by atoms with van der Waals surface area (Å²) < 4.78 is 22.8. The van der Waals surface area contributed by atoms with E-state index in [-0.39, 0.29) is 5.54 Å². The second-order valence-corrected chi connectivity index (χ2v) is 6.48. The maximum atomic E-state index is 12.3. The maximum absolute atomic E-state index is 12.3. The lowest BCUT2D eigenvalue weighted by atomic mass is 9.92. The maximum Gasteiger partial charge on any atom is 0.334 e. The van der Waals surface area contributed by atoms with Gasteiger partial charge in [-0.2, -0.15) is 0 Å². The quantitative estimate of drug-likeness (QED) is 0.745. The third-order valence-corrected chi connectivity index (χ3v) is 4.57. The standard InChI is InChI=1S/C12H22NO3P/c1-4-15-17(14,16-5-2)10-11-6-8-12(3,13)9-7-11/h6-8H,4-5,9-10,13H2,1-3H3. The third kappa shape index (κ3) is 4.76. The fourth-order valence-corrected chi connectivity index (χ4v) is 3.37. The molecule has 17 heavy (non-hydrogen) atoms. The number of allylic oxidation sites excluding steroid dienone is 2. The van der Waals surface area contributed by atoms with E-state index < -0.39 is 7.60 Å². The van der Waals surface area contributed by atoms with Gasteiger partial charge in [0, 0.05) is 5.54 Å². The SMILES string of the molecule is CCOP(=O)(CC1=CCC(C)(N)C=C1)OCC. The van der Waals surface area contributed by atoms with Gasteiger partial charge in [0.25, 0.3) is 0 Å². The molecule has 0 spiro atoms. The van der Waals surface area contributed by atoms with Crippen molar-refractivity contribution in [1.82, 2.24) is 0 Å². The van der Waals surface area contributed by atoms with Crippen LogP contribution in [0, 0.1) is 0 Å². The van der Waals surface area contributed by atoms with Crippen molar-refractivity contribution in [2.45, 2.75) is 32.7 Å². The molecule has 0 aliphatic heterocycles. The van der Waals surface area contributed by atoms with Gasteiger partial charge in [0.2, 0.25) is 0 Å². The molecule has 0 saturated heterocycles. The normalized spacial score (nSPS) is 24.8. The van der Waals surface area contributed by atoms with E-state index in [0.717, 1.165) is 12.0 Å². The highest BCUT2D eigenvalue weighted by Crippen LogP contribution is 2.50. The summed E-state index contributed by atoms with van der Waals surface area (Å²) in [4.78, 5) is 0. The molecule has 0 aromatic carbocycles. The zero-order valence-corrected chi connectivity index (χ0v) is 11.7. The second kappa shape index (κ2) is 5.96. The van der Waals surface area contributed by atoms with Crippen LogP contribution in [0.15, 0.2) is 23.8 Å². The first-order valence-electron chi connectivity index (χ1n) is 5.96. The highest BCUT2D eigenvalue weighted by molar-refractivity contribution is 7.54. The molecule has 2 N–H and O–H groups in total. The predicted octanol–water partition coefficient (Wildman–Crippen LogP) is 2.86. The van der Waals surface area contributed by atoms with Crippen LogP contribution in [0.2, 0.25) is 0 Å². The number of rotatable bonds is 6. The van der Waals surface area contributed by atoms with Crippen molar-refractivity contribution in [2.75, 3.05) is 19.4 Å². The zero-order chi connectivity index (χ0) is 12.9. The molecule has 1 atom stereocenters. The van der Waals surface area contributed by atoms with Crippen molar-refractivity contribution in [3.05, 3.63) is 23.8 Å². The molecule has 0 aromatic heterocycles. The summed E-state index contributed by atoms with van der Waals surface area (Å²) in [5, 5.41) is 0. The van der Waals surface area contributed by atoms with Crippen LogP contribution in [0.5, 0.6) is 0 Å². The zero-order valence-electron chi connectivity index (χ0n) is 10.8. The summed E-state index contributed by atoms with van der Waals surface area (Å²) in [5.74, 6) is 0. The lowest BCUT2D eigenvalue weighted by Crippen LogP contribution is -2.34. The summed E-state index contributed by atoms with van der Waals surface area (Å²) in [6.07, 6.45) is 6.92. The van der Waals surface area contributed by atoms with E-state index in [4.69, 9.17) is 14.8 Å². The van der Waals surface area contributed by atoms with Crippen LogP contribution in [-0.4, -0.2) is 24.9 Å². The van der Waals surface area contributed by atoms with Gasteiger partial charge in [-0.3, -0.25) is 4.57 Å². The van der Waals surface area contributed by atoms with E-state index in [9.17, 15) is 4.57 Å². The van der Waals surface area contributed by atoms with Crippen LogP contribution in [-0.2, 0) is 13.6 Å². The van der Waals surface area contributed by atoms with Gasteiger partial charge in [-0.15, -0.1) is 0 Å². The molecule has 0 saturated carbocycles. The lowest BCUT2D eigenvalue weighted by molar-refractivity contribution is 0.222. The van der Waals surface area contributed by atoms with Crippen molar-refractivity contribution in [1.29, 1.82) is 0 Å². The third-order valence-electron chi connectivity index (χ3n) is 2.51. The average molecular weight is 259 g/mol. The molecular weight excluding hydrogens is 237 g/mol. The number of nitrogens with two attached hydrogens (primary N) is 1. The molecule has 1 rings (SSSR count). The second-order valence-electron chi connectivity index (χ2n) is 4.43. The Bertz CT molecular complexity index is 351. The van der Waals surface area contributed by atoms with Crippen LogP contribution in [0.1, 0.15) is 27.2 Å². The molecular formula is C12H22NO3P. The Morgan fingerprint density at radius 3 is 2.41 bits per heavy atom. The average Bonchev–Trinajstić information content (AvgIpc) is 2.22. The summed E-state index contributed by atoms with van der Waals surface area (Å²) in [6, 6.07) is 0. The van der Waals surface area contributed by atoms with Crippen LogP contribution in [0.3, 0.4) is 0 Å². The summed E-state index contributed by atoms with van der Waals surface area (Å²) in [7, 11) is -2.99. The lowest BCUT2D eigenvalue weighted by Gasteiger charge is -2.24. The van der Waals surface area contributed by atoms with E-state index >= 15 is 0 Å². The molecule has 0 heterocycles. The minimum atomic E-state index is -2.99. The Morgan fingerprint density at radius 2 is 2.00 bits per heavy atom. The van der Waals surface area contributed by atoms with Crippen molar-refractivity contribution in [2.24, 2.45) is 5.73 Å². The fraction of sp³-hybridized carbons (Fsp3) is 0.667. The van der Waals surface area contributed by atoms with Crippen molar-refractivity contribution < 1.29 is 13.6 Å². The molecule has 0 fully saturated rings. The van der Waals surface area contributed by atoms with Gasteiger partial charge in [0.05, 0.1) is 19.4 Å². The molecule has 0 bridgehead atoms. The molecule has 5 heteroatoms. The molecule has 1 aliphatic rings. The molecule has 4 nitrogen and oxygen atoms in total. The van der Waals surface area contributed by atoms with Gasteiger partial charge in [-0.1, -0.05) is 18.2 Å². The number of hydrogen-bond acceptors (Lipinski definition) is 4. The minimum absolute atomic E-state index is 0.301. The predicted molar refractivity (Wildman–Crippen MR) is 70.2 cm³/mol. The van der Waals surface area contributed by atoms with Gasteiger partial charge >= 0.3 is 7.60 Å². The summed E-state index contributed by atoms with van der Waals surface area (Å²) in [5.41, 5.74) is 6.63. The molecule has 1 unspecified atom stereocenters. The first-order chi connectivity index (χ1) is 7.91. The Labute approximate surface area is 103 Å². The molecule has 0 amide bonds. The highest BCUT2D eigenvalue weighted by atomic mass is 31.2. The van der Waals surface area contributed by atoms with Crippen LogP contribution >= 0.6 is 7.60 Å². The molecule has 1 aliphatic carbocycles. The molecule has 98 valence electrons. The van der Waals surface area contributed by atoms with Crippen LogP contribution in [0.4, 0.5) is 0 Å².